The lowest BCUT2D eigenvalue weighted by Crippen LogP contribution is -2.37. The Morgan fingerprint density at radius 3 is 2.14 bits per heavy atom. The number of carbonyl (C=O) groups excluding carboxylic acids is 3. The SMILES string of the molecule is Cc1ccc(CNC(=O)C(=O)N/N=C\c2ccc(OCC(=O)Nc3cc(C)cc(C)c3)cc2)cc1. The number of hydrogen-bond acceptors (Lipinski definition) is 5. The van der Waals surface area contributed by atoms with Gasteiger partial charge < -0.3 is 15.4 Å². The van der Waals surface area contributed by atoms with E-state index < -0.39 is 11.8 Å². The molecule has 0 radical (unpaired) electrons. The third kappa shape index (κ3) is 8.43. The van der Waals surface area contributed by atoms with Crippen molar-refractivity contribution in [3.63, 3.8) is 0 Å². The number of amides is 3. The van der Waals surface area contributed by atoms with Crippen LogP contribution in [0.2, 0.25) is 0 Å². The fourth-order valence-electron chi connectivity index (χ4n) is 3.23. The molecule has 8 heteroatoms. The molecule has 0 aromatic heterocycles. The summed E-state index contributed by atoms with van der Waals surface area (Å²) in [6.45, 7) is 6.03. The summed E-state index contributed by atoms with van der Waals surface area (Å²) in [5.74, 6) is -1.38. The maximum absolute atomic E-state index is 12.1. The molecule has 180 valence electrons. The second-order valence-electron chi connectivity index (χ2n) is 8.15. The van der Waals surface area contributed by atoms with Crippen LogP contribution >= 0.6 is 0 Å². The summed E-state index contributed by atoms with van der Waals surface area (Å²) in [7, 11) is 0. The van der Waals surface area contributed by atoms with E-state index in [1.165, 1.54) is 6.21 Å². The summed E-state index contributed by atoms with van der Waals surface area (Å²) in [6.07, 6.45) is 1.40. The van der Waals surface area contributed by atoms with E-state index in [1.807, 2.05) is 63.2 Å². The Hall–Kier alpha value is -4.46. The Kier molecular flexibility index (Phi) is 8.72. The molecule has 0 fully saturated rings. The van der Waals surface area contributed by atoms with E-state index >= 15 is 0 Å². The van der Waals surface area contributed by atoms with Gasteiger partial charge in [0.05, 0.1) is 6.21 Å². The lowest BCUT2D eigenvalue weighted by atomic mass is 10.1. The minimum Gasteiger partial charge on any atom is -0.484 e. The van der Waals surface area contributed by atoms with Gasteiger partial charge in [-0.15, -0.1) is 0 Å². The number of ether oxygens (including phenoxy) is 1. The standard InChI is InChI=1S/C27H28N4O4/c1-18-4-6-21(7-5-18)15-28-26(33)27(34)31-29-16-22-8-10-24(11-9-22)35-17-25(32)30-23-13-19(2)12-20(3)14-23/h4-14,16H,15,17H2,1-3H3,(H,28,33)(H,30,32)(H,31,34)/b29-16-. The second-order valence-corrected chi connectivity index (χ2v) is 8.15. The number of hydrazone groups is 1. The Morgan fingerprint density at radius 1 is 0.829 bits per heavy atom. The van der Waals surface area contributed by atoms with Gasteiger partial charge in [-0.25, -0.2) is 5.43 Å². The van der Waals surface area contributed by atoms with Crippen LogP contribution in [-0.2, 0) is 20.9 Å². The summed E-state index contributed by atoms with van der Waals surface area (Å²) in [4.78, 5) is 35.9. The number of benzene rings is 3. The highest BCUT2D eigenvalue weighted by Crippen LogP contribution is 2.14. The van der Waals surface area contributed by atoms with Gasteiger partial charge in [-0.05, 0) is 79.4 Å². The van der Waals surface area contributed by atoms with Crippen LogP contribution in [0, 0.1) is 20.8 Å². The van der Waals surface area contributed by atoms with Crippen LogP contribution in [0.1, 0.15) is 27.8 Å². The van der Waals surface area contributed by atoms with Crippen molar-refractivity contribution < 1.29 is 19.1 Å². The molecular weight excluding hydrogens is 444 g/mol. The third-order valence-corrected chi connectivity index (χ3v) is 4.92. The third-order valence-electron chi connectivity index (χ3n) is 4.92. The highest BCUT2D eigenvalue weighted by molar-refractivity contribution is 6.35. The molecule has 0 aliphatic carbocycles. The highest BCUT2D eigenvalue weighted by Gasteiger charge is 2.12. The van der Waals surface area contributed by atoms with Crippen molar-refractivity contribution in [1.29, 1.82) is 0 Å². The molecule has 3 amide bonds. The van der Waals surface area contributed by atoms with Crippen LogP contribution in [0.15, 0.2) is 71.8 Å². The molecule has 0 saturated heterocycles. The van der Waals surface area contributed by atoms with E-state index in [9.17, 15) is 14.4 Å². The van der Waals surface area contributed by atoms with Gasteiger partial charge >= 0.3 is 11.8 Å². The van der Waals surface area contributed by atoms with Crippen molar-refractivity contribution in [2.75, 3.05) is 11.9 Å². The fourth-order valence-corrected chi connectivity index (χ4v) is 3.23. The number of carbonyl (C=O) groups is 3. The van der Waals surface area contributed by atoms with Gasteiger partial charge in [0, 0.05) is 12.2 Å². The van der Waals surface area contributed by atoms with Crippen molar-refractivity contribution >= 4 is 29.6 Å². The predicted molar refractivity (Wildman–Crippen MR) is 135 cm³/mol. The van der Waals surface area contributed by atoms with E-state index in [4.69, 9.17) is 4.74 Å². The van der Waals surface area contributed by atoms with Gasteiger partial charge in [0.15, 0.2) is 6.61 Å². The Labute approximate surface area is 204 Å². The van der Waals surface area contributed by atoms with Crippen LogP contribution in [0.5, 0.6) is 5.75 Å². The van der Waals surface area contributed by atoms with Crippen molar-refractivity contribution in [3.8, 4) is 5.75 Å². The maximum atomic E-state index is 12.1. The molecule has 3 rings (SSSR count). The average molecular weight is 473 g/mol. The first-order chi connectivity index (χ1) is 16.8. The number of nitrogens with one attached hydrogen (secondary N) is 3. The van der Waals surface area contributed by atoms with Gasteiger partial charge in [-0.2, -0.15) is 5.10 Å². The molecule has 8 nitrogen and oxygen atoms in total. The van der Waals surface area contributed by atoms with E-state index in [-0.39, 0.29) is 19.1 Å². The molecule has 0 unspecified atom stereocenters. The van der Waals surface area contributed by atoms with Gasteiger partial charge in [-0.1, -0.05) is 35.9 Å². The van der Waals surface area contributed by atoms with Crippen LogP contribution < -0.4 is 20.8 Å². The summed E-state index contributed by atoms with van der Waals surface area (Å²) >= 11 is 0. The molecular formula is C27H28N4O4. The van der Waals surface area contributed by atoms with E-state index in [2.05, 4.69) is 21.2 Å². The van der Waals surface area contributed by atoms with E-state index in [1.54, 1.807) is 24.3 Å². The molecule has 0 saturated carbocycles. The maximum Gasteiger partial charge on any atom is 0.329 e. The second kappa shape index (κ2) is 12.1. The van der Waals surface area contributed by atoms with Gasteiger partial charge in [0.2, 0.25) is 0 Å². The van der Waals surface area contributed by atoms with Gasteiger partial charge in [0.25, 0.3) is 5.91 Å². The normalized spacial score (nSPS) is 10.6. The minimum atomic E-state index is -0.858. The van der Waals surface area contributed by atoms with Crippen molar-refractivity contribution in [2.45, 2.75) is 27.3 Å². The van der Waals surface area contributed by atoms with Crippen molar-refractivity contribution in [3.05, 3.63) is 94.5 Å². The molecule has 0 atom stereocenters. The number of hydrogen-bond donors (Lipinski definition) is 3. The van der Waals surface area contributed by atoms with Crippen molar-refractivity contribution in [2.24, 2.45) is 5.10 Å². The lowest BCUT2D eigenvalue weighted by molar-refractivity contribution is -0.139. The first kappa shape index (κ1) is 25.2. The van der Waals surface area contributed by atoms with Gasteiger partial charge in [-0.3, -0.25) is 14.4 Å². The van der Waals surface area contributed by atoms with E-state index in [0.717, 1.165) is 27.9 Å². The zero-order valence-electron chi connectivity index (χ0n) is 19.9. The summed E-state index contributed by atoms with van der Waals surface area (Å²) in [6, 6.07) is 20.2. The van der Waals surface area contributed by atoms with Crippen molar-refractivity contribution in [1.82, 2.24) is 10.7 Å². The van der Waals surface area contributed by atoms with Crippen LogP contribution in [0.25, 0.3) is 0 Å². The summed E-state index contributed by atoms with van der Waals surface area (Å²) in [5.41, 5.74) is 7.75. The highest BCUT2D eigenvalue weighted by atomic mass is 16.5. The molecule has 3 aromatic carbocycles. The average Bonchev–Trinajstić information content (AvgIpc) is 2.82. The van der Waals surface area contributed by atoms with Gasteiger partial charge in [0.1, 0.15) is 5.75 Å². The van der Waals surface area contributed by atoms with Crippen LogP contribution in [0.3, 0.4) is 0 Å². The molecule has 0 aliphatic heterocycles. The zero-order valence-corrected chi connectivity index (χ0v) is 19.9. The first-order valence-electron chi connectivity index (χ1n) is 11.1. The molecule has 35 heavy (non-hydrogen) atoms. The van der Waals surface area contributed by atoms with E-state index in [0.29, 0.717) is 11.3 Å². The smallest absolute Gasteiger partial charge is 0.329 e. The summed E-state index contributed by atoms with van der Waals surface area (Å²) in [5, 5.41) is 9.16. The minimum absolute atomic E-state index is 0.131. The fraction of sp³-hybridized carbons (Fsp3) is 0.185. The quantitative estimate of drug-likeness (QED) is 0.265. The first-order valence-corrected chi connectivity index (χ1v) is 11.1. The number of rotatable bonds is 8. The monoisotopic (exact) mass is 472 g/mol. The molecule has 0 aliphatic rings. The largest absolute Gasteiger partial charge is 0.484 e. The lowest BCUT2D eigenvalue weighted by Gasteiger charge is -2.09. The molecule has 0 spiro atoms. The predicted octanol–water partition coefficient (Wildman–Crippen LogP) is 3.40. The summed E-state index contributed by atoms with van der Waals surface area (Å²) < 4.78 is 5.52. The Balaban J connectivity index is 1.40. The number of aryl methyl sites for hydroxylation is 3. The number of anilines is 1. The van der Waals surface area contributed by atoms with Crippen LogP contribution in [-0.4, -0.2) is 30.5 Å². The molecule has 0 bridgehead atoms. The molecule has 0 heterocycles. The molecule has 3 aromatic rings. The number of nitrogens with zero attached hydrogens (tertiary/aromatic N) is 1. The Morgan fingerprint density at radius 2 is 1.49 bits per heavy atom. The Bertz CT molecular complexity index is 1200. The topological polar surface area (TPSA) is 109 Å². The zero-order chi connectivity index (χ0) is 25.2. The molecule has 3 N–H and O–H groups in total. The van der Waals surface area contributed by atoms with Crippen LogP contribution in [0.4, 0.5) is 5.69 Å².